The third-order valence-electron chi connectivity index (χ3n) is 5.18. The molecule has 0 amide bonds. The Morgan fingerprint density at radius 2 is 0.884 bits per heavy atom. The summed E-state index contributed by atoms with van der Waals surface area (Å²) in [7, 11) is 0. The minimum Gasteiger partial charge on any atom is -0.392 e. The van der Waals surface area contributed by atoms with Crippen LogP contribution in [-0.4, -0.2) is 95.2 Å². The Morgan fingerprint density at radius 1 is 0.628 bits per heavy atom. The van der Waals surface area contributed by atoms with E-state index in [0.29, 0.717) is 12.8 Å². The van der Waals surface area contributed by atoms with Gasteiger partial charge in [0, 0.05) is 0 Å². The molecular weight excluding hydrogens is 590 g/mol. The van der Waals surface area contributed by atoms with Gasteiger partial charge < -0.3 is 40.9 Å². The van der Waals surface area contributed by atoms with Crippen LogP contribution in [0.25, 0.3) is 0 Å². The number of rotatable bonds is 8. The van der Waals surface area contributed by atoms with Gasteiger partial charge in [-0.2, -0.15) is 26.3 Å². The molecule has 1 aromatic carbocycles. The van der Waals surface area contributed by atoms with Gasteiger partial charge in [-0.3, -0.25) is 0 Å². The van der Waals surface area contributed by atoms with Crippen LogP contribution < -0.4 is 0 Å². The highest BCUT2D eigenvalue weighted by molar-refractivity contribution is 5.21. The third kappa shape index (κ3) is 19.5. The maximum absolute atomic E-state index is 12.2. The monoisotopic (exact) mass is 634 g/mol. The molecule has 0 aliphatic carbocycles. The van der Waals surface area contributed by atoms with Crippen LogP contribution in [0.5, 0.6) is 0 Å². The summed E-state index contributed by atoms with van der Waals surface area (Å²) in [6, 6.07) is 7.19. The second-order valence-corrected chi connectivity index (χ2v) is 9.58. The standard InChI is InChI=1S/C10H18O2.C8H10O2.C6H10O2.C5H6F6O2/c1-5-9(3,11)7-8-10(4,12)6-2;9-5-7-1-2-8(6-10)4-3-7;1-5(7)3-4-6(2)8;6-3(7,1-12)5(10,11)4(8,9)2-13/h11-12H,5-6H2,1-4H3;1-4,9-10H,5-6H2;5-8H,1-2H3;12-13H,1-2H2. The fourth-order valence-corrected chi connectivity index (χ4v) is 1.90. The summed E-state index contributed by atoms with van der Waals surface area (Å²) in [6.07, 6.45) is -0.131. The predicted molar refractivity (Wildman–Crippen MR) is 148 cm³/mol. The van der Waals surface area contributed by atoms with Crippen LogP contribution in [0.2, 0.25) is 0 Å². The Morgan fingerprint density at radius 3 is 1.05 bits per heavy atom. The van der Waals surface area contributed by atoms with Gasteiger partial charge in [0.2, 0.25) is 0 Å². The van der Waals surface area contributed by atoms with Crippen LogP contribution in [0.1, 0.15) is 65.5 Å². The van der Waals surface area contributed by atoms with Gasteiger partial charge in [-0.1, -0.05) is 61.8 Å². The van der Waals surface area contributed by atoms with Gasteiger partial charge in [-0.15, -0.1) is 0 Å². The Hall–Kier alpha value is -2.40. The summed E-state index contributed by atoms with van der Waals surface area (Å²) in [6.45, 7) is 5.38. The average molecular weight is 635 g/mol. The fourth-order valence-electron chi connectivity index (χ4n) is 1.90. The van der Waals surface area contributed by atoms with Crippen molar-refractivity contribution in [2.75, 3.05) is 13.2 Å². The number of benzene rings is 1. The van der Waals surface area contributed by atoms with E-state index in [9.17, 15) is 36.6 Å². The molecule has 0 aromatic heterocycles. The molecule has 0 aliphatic rings. The largest absolute Gasteiger partial charge is 0.392 e. The molecule has 4 atom stereocenters. The van der Waals surface area contributed by atoms with E-state index in [1.165, 1.54) is 0 Å². The van der Waals surface area contributed by atoms with Crippen molar-refractivity contribution in [3.05, 3.63) is 35.4 Å². The number of aliphatic hydroxyl groups excluding tert-OH is 6. The first-order valence-electron chi connectivity index (χ1n) is 13.0. The summed E-state index contributed by atoms with van der Waals surface area (Å²) in [4.78, 5) is 0. The predicted octanol–water partition coefficient (Wildman–Crippen LogP) is 2.61. The zero-order chi connectivity index (χ0) is 34.7. The molecular formula is C29H44F6O8. The summed E-state index contributed by atoms with van der Waals surface area (Å²) in [5.41, 5.74) is -0.201. The summed E-state index contributed by atoms with van der Waals surface area (Å²) in [5, 5.41) is 68.8. The van der Waals surface area contributed by atoms with Crippen molar-refractivity contribution in [2.45, 2.75) is 109 Å². The Balaban J connectivity index is -0.000000503. The van der Waals surface area contributed by atoms with Gasteiger partial charge in [0.05, 0.1) is 13.2 Å². The number of halogens is 6. The third-order valence-corrected chi connectivity index (χ3v) is 5.18. The first kappa shape index (κ1) is 45.0. The van der Waals surface area contributed by atoms with Gasteiger partial charge >= 0.3 is 17.8 Å². The van der Waals surface area contributed by atoms with E-state index >= 15 is 0 Å². The van der Waals surface area contributed by atoms with Crippen molar-refractivity contribution in [3.8, 4) is 23.7 Å². The second-order valence-electron chi connectivity index (χ2n) is 9.58. The smallest absolute Gasteiger partial charge is 0.376 e. The van der Waals surface area contributed by atoms with Crippen molar-refractivity contribution in [1.29, 1.82) is 0 Å². The van der Waals surface area contributed by atoms with Crippen LogP contribution in [0, 0.1) is 23.7 Å². The second kappa shape index (κ2) is 20.5. The van der Waals surface area contributed by atoms with Crippen molar-refractivity contribution in [2.24, 2.45) is 0 Å². The first-order chi connectivity index (χ1) is 19.4. The van der Waals surface area contributed by atoms with E-state index in [4.69, 9.17) is 30.6 Å². The number of aliphatic hydroxyl groups is 8. The molecule has 14 heteroatoms. The van der Waals surface area contributed by atoms with E-state index in [1.54, 1.807) is 52.0 Å². The van der Waals surface area contributed by atoms with E-state index in [0.717, 1.165) is 11.1 Å². The van der Waals surface area contributed by atoms with E-state index < -0.39 is 54.4 Å². The molecule has 8 nitrogen and oxygen atoms in total. The highest BCUT2D eigenvalue weighted by Crippen LogP contribution is 2.44. The number of alkyl halides is 6. The molecule has 0 spiro atoms. The van der Waals surface area contributed by atoms with Gasteiger partial charge in [-0.25, -0.2) is 0 Å². The van der Waals surface area contributed by atoms with Gasteiger partial charge in [0.1, 0.15) is 36.6 Å². The molecule has 0 aliphatic heterocycles. The van der Waals surface area contributed by atoms with Crippen LogP contribution >= 0.6 is 0 Å². The zero-order valence-electron chi connectivity index (χ0n) is 25.1. The van der Waals surface area contributed by atoms with Crippen LogP contribution in [-0.2, 0) is 13.2 Å². The SMILES string of the molecule is CC(O)C#CC(C)O.CCC(C)(O)C#CC(C)(O)CC.OCC(F)(F)C(F)(F)C(F)(F)CO.OCc1ccc(CO)cc1. The number of hydrogen-bond donors (Lipinski definition) is 8. The molecule has 0 fully saturated rings. The van der Waals surface area contributed by atoms with Crippen LogP contribution in [0.4, 0.5) is 26.3 Å². The lowest BCUT2D eigenvalue weighted by molar-refractivity contribution is -0.323. The molecule has 0 radical (unpaired) electrons. The van der Waals surface area contributed by atoms with Crippen molar-refractivity contribution in [1.82, 2.24) is 0 Å². The lowest BCUT2D eigenvalue weighted by atomic mass is 10.00. The number of hydrogen-bond acceptors (Lipinski definition) is 8. The molecule has 0 saturated carbocycles. The zero-order valence-corrected chi connectivity index (χ0v) is 25.1. The summed E-state index contributed by atoms with van der Waals surface area (Å²) in [5.74, 6) is -6.19. The molecule has 43 heavy (non-hydrogen) atoms. The lowest BCUT2D eigenvalue weighted by Crippen LogP contribution is -2.57. The highest BCUT2D eigenvalue weighted by atomic mass is 19.3. The summed E-state index contributed by atoms with van der Waals surface area (Å²) < 4.78 is 72.4. The summed E-state index contributed by atoms with van der Waals surface area (Å²) >= 11 is 0. The van der Waals surface area contributed by atoms with Crippen LogP contribution in [0.15, 0.2) is 24.3 Å². The molecule has 0 heterocycles. The van der Waals surface area contributed by atoms with E-state index in [-0.39, 0.29) is 13.2 Å². The Labute approximate surface area is 248 Å². The fraction of sp³-hybridized carbons (Fsp3) is 0.655. The molecule has 250 valence electrons. The van der Waals surface area contributed by atoms with E-state index in [2.05, 4.69) is 23.7 Å². The van der Waals surface area contributed by atoms with E-state index in [1.807, 2.05) is 13.8 Å². The van der Waals surface area contributed by atoms with Gasteiger partial charge in [-0.05, 0) is 51.7 Å². The molecule has 0 bridgehead atoms. The topological polar surface area (TPSA) is 162 Å². The maximum Gasteiger partial charge on any atom is 0.376 e. The normalized spacial score (nSPS) is 15.3. The Bertz CT molecular complexity index is 933. The molecule has 1 aromatic rings. The quantitative estimate of drug-likeness (QED) is 0.160. The lowest BCUT2D eigenvalue weighted by Gasteiger charge is -2.30. The molecule has 0 saturated heterocycles. The van der Waals surface area contributed by atoms with Gasteiger partial charge in [0.25, 0.3) is 0 Å². The van der Waals surface area contributed by atoms with Crippen molar-refractivity contribution >= 4 is 0 Å². The van der Waals surface area contributed by atoms with Crippen molar-refractivity contribution in [3.63, 3.8) is 0 Å². The Kier molecular flexibility index (Phi) is 21.5. The maximum atomic E-state index is 12.2. The van der Waals surface area contributed by atoms with Crippen molar-refractivity contribution < 1.29 is 67.2 Å². The highest BCUT2D eigenvalue weighted by Gasteiger charge is 2.70. The molecule has 1 rings (SSSR count). The van der Waals surface area contributed by atoms with Gasteiger partial charge in [0.15, 0.2) is 0 Å². The molecule has 4 unspecified atom stereocenters. The molecule has 8 N–H and O–H groups in total. The minimum absolute atomic E-state index is 0.0612. The minimum atomic E-state index is -5.77. The first-order valence-corrected chi connectivity index (χ1v) is 13.0. The average Bonchev–Trinajstić information content (AvgIpc) is 2.96. The van der Waals surface area contributed by atoms with Crippen LogP contribution in [0.3, 0.4) is 0 Å².